The van der Waals surface area contributed by atoms with E-state index in [4.69, 9.17) is 9.47 Å². The van der Waals surface area contributed by atoms with Crippen molar-refractivity contribution < 1.29 is 14.6 Å². The van der Waals surface area contributed by atoms with Gasteiger partial charge in [-0.05, 0) is 45.8 Å². The first-order chi connectivity index (χ1) is 9.22. The van der Waals surface area contributed by atoms with Crippen molar-refractivity contribution in [1.82, 2.24) is 0 Å². The molecule has 0 saturated heterocycles. The molecule has 0 aliphatic carbocycles. The third-order valence-corrected chi connectivity index (χ3v) is 3.32. The monoisotopic (exact) mass is 254 g/mol. The second kappa shape index (κ2) is 4.35. The Morgan fingerprint density at radius 2 is 1.37 bits per heavy atom. The van der Waals surface area contributed by atoms with Crippen LogP contribution in [0.25, 0.3) is 21.5 Å². The lowest BCUT2D eigenvalue weighted by molar-refractivity contribution is 0.356. The maximum absolute atomic E-state index is 9.54. The van der Waals surface area contributed by atoms with E-state index in [1.165, 1.54) is 0 Å². The van der Waals surface area contributed by atoms with Gasteiger partial charge in [0.25, 0.3) is 0 Å². The first-order valence-electron chi connectivity index (χ1n) is 6.00. The van der Waals surface area contributed by atoms with E-state index in [1.807, 2.05) is 30.3 Å². The van der Waals surface area contributed by atoms with Crippen molar-refractivity contribution in [2.45, 2.75) is 0 Å². The number of hydrogen-bond donors (Lipinski definition) is 1. The number of methoxy groups -OCH3 is 2. The van der Waals surface area contributed by atoms with Crippen LogP contribution >= 0.6 is 0 Å². The lowest BCUT2D eigenvalue weighted by Crippen LogP contribution is -1.90. The van der Waals surface area contributed by atoms with E-state index in [9.17, 15) is 5.11 Å². The quantitative estimate of drug-likeness (QED) is 0.708. The minimum Gasteiger partial charge on any atom is -0.508 e. The van der Waals surface area contributed by atoms with Gasteiger partial charge in [-0.15, -0.1) is 0 Å². The fourth-order valence-corrected chi connectivity index (χ4v) is 2.38. The van der Waals surface area contributed by atoms with Crippen LogP contribution in [0.4, 0.5) is 0 Å². The highest BCUT2D eigenvalue weighted by Gasteiger charge is 2.08. The Morgan fingerprint density at radius 1 is 0.737 bits per heavy atom. The molecule has 3 nitrogen and oxygen atoms in total. The molecule has 0 aromatic heterocycles. The number of fused-ring (bicyclic) bond motifs is 3. The van der Waals surface area contributed by atoms with Crippen LogP contribution in [0.3, 0.4) is 0 Å². The number of aromatic hydroxyl groups is 1. The van der Waals surface area contributed by atoms with E-state index in [2.05, 4.69) is 0 Å². The maximum atomic E-state index is 9.54. The van der Waals surface area contributed by atoms with Gasteiger partial charge >= 0.3 is 0 Å². The second-order valence-electron chi connectivity index (χ2n) is 4.40. The lowest BCUT2D eigenvalue weighted by atomic mass is 10.0. The average Bonchev–Trinajstić information content (AvgIpc) is 2.45. The van der Waals surface area contributed by atoms with Gasteiger partial charge in [0.15, 0.2) is 11.5 Å². The average molecular weight is 254 g/mol. The predicted octanol–water partition coefficient (Wildman–Crippen LogP) is 3.72. The summed E-state index contributed by atoms with van der Waals surface area (Å²) in [6.07, 6.45) is 0. The molecule has 3 aromatic carbocycles. The van der Waals surface area contributed by atoms with Gasteiger partial charge in [-0.3, -0.25) is 0 Å². The molecule has 3 aromatic rings. The summed E-state index contributed by atoms with van der Waals surface area (Å²) in [5.41, 5.74) is 0. The summed E-state index contributed by atoms with van der Waals surface area (Å²) < 4.78 is 10.7. The highest BCUT2D eigenvalue weighted by molar-refractivity contribution is 6.08. The highest BCUT2D eigenvalue weighted by Crippen LogP contribution is 2.36. The summed E-state index contributed by atoms with van der Waals surface area (Å²) in [7, 11) is 3.25. The van der Waals surface area contributed by atoms with Crippen molar-refractivity contribution in [3.8, 4) is 17.2 Å². The molecule has 0 aliphatic heterocycles. The van der Waals surface area contributed by atoms with Gasteiger partial charge < -0.3 is 14.6 Å². The van der Waals surface area contributed by atoms with Crippen molar-refractivity contribution in [1.29, 1.82) is 0 Å². The van der Waals surface area contributed by atoms with Gasteiger partial charge in [-0.2, -0.15) is 0 Å². The molecule has 0 saturated carbocycles. The smallest absolute Gasteiger partial charge is 0.161 e. The van der Waals surface area contributed by atoms with E-state index in [1.54, 1.807) is 26.4 Å². The predicted molar refractivity (Wildman–Crippen MR) is 76.2 cm³/mol. The van der Waals surface area contributed by atoms with Gasteiger partial charge in [-0.25, -0.2) is 0 Å². The molecule has 0 bridgehead atoms. The Hall–Kier alpha value is -2.42. The topological polar surface area (TPSA) is 38.7 Å². The minimum absolute atomic E-state index is 0.271. The third-order valence-electron chi connectivity index (χ3n) is 3.32. The molecular formula is C16H14O3. The summed E-state index contributed by atoms with van der Waals surface area (Å²) in [6, 6.07) is 13.3. The van der Waals surface area contributed by atoms with Crippen LogP contribution in [0.15, 0.2) is 42.5 Å². The van der Waals surface area contributed by atoms with Gasteiger partial charge in [-0.1, -0.05) is 18.2 Å². The van der Waals surface area contributed by atoms with Crippen LogP contribution < -0.4 is 9.47 Å². The third kappa shape index (κ3) is 1.83. The summed E-state index contributed by atoms with van der Waals surface area (Å²) in [4.78, 5) is 0. The molecule has 3 heteroatoms. The summed E-state index contributed by atoms with van der Waals surface area (Å²) in [5, 5.41) is 13.8. The molecule has 96 valence electrons. The number of benzene rings is 3. The molecule has 19 heavy (non-hydrogen) atoms. The van der Waals surface area contributed by atoms with Gasteiger partial charge in [0.1, 0.15) is 5.75 Å². The van der Waals surface area contributed by atoms with Crippen molar-refractivity contribution in [3.05, 3.63) is 42.5 Å². The molecule has 1 N–H and O–H groups in total. The molecule has 0 aliphatic rings. The Balaban J connectivity index is 2.41. The van der Waals surface area contributed by atoms with Gasteiger partial charge in [0.2, 0.25) is 0 Å². The minimum atomic E-state index is 0.271. The van der Waals surface area contributed by atoms with Crippen LogP contribution in [-0.4, -0.2) is 19.3 Å². The summed E-state index contributed by atoms with van der Waals surface area (Å²) in [5.74, 6) is 1.69. The second-order valence-corrected chi connectivity index (χ2v) is 4.40. The van der Waals surface area contributed by atoms with Crippen molar-refractivity contribution in [2.75, 3.05) is 14.2 Å². The number of ether oxygens (including phenoxy) is 2. The normalized spacial score (nSPS) is 10.8. The molecule has 0 amide bonds. The lowest BCUT2D eigenvalue weighted by Gasteiger charge is -2.11. The Bertz CT molecular complexity index is 763. The molecule has 0 spiro atoms. The first-order valence-corrected chi connectivity index (χ1v) is 6.00. The molecular weight excluding hydrogens is 240 g/mol. The Morgan fingerprint density at radius 3 is 2.05 bits per heavy atom. The molecule has 0 radical (unpaired) electrons. The van der Waals surface area contributed by atoms with Crippen molar-refractivity contribution >= 4 is 21.5 Å². The molecule has 0 unspecified atom stereocenters. The van der Waals surface area contributed by atoms with Crippen molar-refractivity contribution in [2.24, 2.45) is 0 Å². The van der Waals surface area contributed by atoms with E-state index in [0.717, 1.165) is 21.5 Å². The first kappa shape index (κ1) is 11.7. The SMILES string of the molecule is COc1cc2ccc3cc(O)ccc3c2cc1OC. The molecule has 0 fully saturated rings. The van der Waals surface area contributed by atoms with E-state index >= 15 is 0 Å². The Kier molecular flexibility index (Phi) is 2.67. The molecule has 0 atom stereocenters. The van der Waals surface area contributed by atoms with Crippen LogP contribution in [0.2, 0.25) is 0 Å². The number of hydrogen-bond acceptors (Lipinski definition) is 3. The number of phenols is 1. The zero-order chi connectivity index (χ0) is 13.4. The van der Waals surface area contributed by atoms with Gasteiger partial charge in [0, 0.05) is 0 Å². The highest BCUT2D eigenvalue weighted by atomic mass is 16.5. The van der Waals surface area contributed by atoms with E-state index in [0.29, 0.717) is 11.5 Å². The largest absolute Gasteiger partial charge is 0.508 e. The fraction of sp³-hybridized carbons (Fsp3) is 0.125. The maximum Gasteiger partial charge on any atom is 0.161 e. The van der Waals surface area contributed by atoms with Crippen LogP contribution in [-0.2, 0) is 0 Å². The van der Waals surface area contributed by atoms with E-state index in [-0.39, 0.29) is 5.75 Å². The summed E-state index contributed by atoms with van der Waals surface area (Å²) in [6.45, 7) is 0. The van der Waals surface area contributed by atoms with Crippen LogP contribution in [0, 0.1) is 0 Å². The summed E-state index contributed by atoms with van der Waals surface area (Å²) >= 11 is 0. The van der Waals surface area contributed by atoms with Crippen LogP contribution in [0.1, 0.15) is 0 Å². The van der Waals surface area contributed by atoms with E-state index < -0.39 is 0 Å². The van der Waals surface area contributed by atoms with Gasteiger partial charge in [0.05, 0.1) is 14.2 Å². The Labute approximate surface area is 111 Å². The van der Waals surface area contributed by atoms with Crippen molar-refractivity contribution in [3.63, 3.8) is 0 Å². The molecule has 0 heterocycles. The fourth-order valence-electron chi connectivity index (χ4n) is 2.38. The zero-order valence-corrected chi connectivity index (χ0v) is 10.8. The van der Waals surface area contributed by atoms with Crippen LogP contribution in [0.5, 0.6) is 17.2 Å². The number of rotatable bonds is 2. The standard InChI is InChI=1S/C16H14O3/c1-18-15-8-11-4-3-10-7-12(17)5-6-13(10)14(11)9-16(15)19-2/h3-9,17H,1-2H3. The zero-order valence-electron chi connectivity index (χ0n) is 10.8. The molecule has 3 rings (SSSR count). The number of phenolic OH excluding ortho intramolecular Hbond substituents is 1.